The van der Waals surface area contributed by atoms with Gasteiger partial charge in [0, 0.05) is 16.8 Å². The Hall–Kier alpha value is -1.99. The molecule has 0 radical (unpaired) electrons. The molecule has 0 atom stereocenters. The lowest BCUT2D eigenvalue weighted by Crippen LogP contribution is -2.01. The predicted octanol–water partition coefficient (Wildman–Crippen LogP) is 2.69. The molecule has 0 saturated carbocycles. The van der Waals surface area contributed by atoms with Crippen LogP contribution in [0, 0.1) is 6.92 Å². The second-order valence-electron chi connectivity index (χ2n) is 4.11. The van der Waals surface area contributed by atoms with Crippen LogP contribution in [0.4, 0.5) is 5.69 Å². The first-order valence-corrected chi connectivity index (χ1v) is 7.11. The molecule has 0 aliphatic rings. The molecule has 0 spiro atoms. The van der Waals surface area contributed by atoms with Crippen LogP contribution in [0.15, 0.2) is 30.5 Å². The number of hydrogen-bond donors (Lipinski definition) is 1. The van der Waals surface area contributed by atoms with Crippen LogP contribution in [0.1, 0.15) is 10.7 Å². The van der Waals surface area contributed by atoms with E-state index in [1.54, 1.807) is 13.1 Å². The Morgan fingerprint density at radius 3 is 2.70 bits per heavy atom. The third-order valence-electron chi connectivity index (χ3n) is 2.60. The zero-order valence-electron chi connectivity index (χ0n) is 10.6. The lowest BCUT2D eigenvalue weighted by Gasteiger charge is -2.05. The average Bonchev–Trinajstić information content (AvgIpc) is 3.06. The molecule has 0 bridgehead atoms. The van der Waals surface area contributed by atoms with Gasteiger partial charge in [-0.15, -0.1) is 26.3 Å². The first kappa shape index (κ1) is 13.0. The topological polar surface area (TPSA) is 68.5 Å². The molecular weight excluding hydrogens is 296 g/mol. The van der Waals surface area contributed by atoms with E-state index in [1.807, 2.05) is 24.3 Å². The molecule has 20 heavy (non-hydrogen) atoms. The summed E-state index contributed by atoms with van der Waals surface area (Å²) in [5.74, 6) is 0.647. The Morgan fingerprint density at radius 2 is 2.10 bits per heavy atom. The molecule has 2 heterocycles. The molecule has 0 unspecified atom stereocenters. The van der Waals surface area contributed by atoms with Crippen LogP contribution in [0.3, 0.4) is 0 Å². The molecule has 0 fully saturated rings. The predicted molar refractivity (Wildman–Crippen MR) is 78.3 cm³/mol. The number of tetrazole rings is 1. The van der Waals surface area contributed by atoms with Crippen molar-refractivity contribution < 1.29 is 0 Å². The van der Waals surface area contributed by atoms with Crippen molar-refractivity contribution in [2.45, 2.75) is 13.5 Å². The molecule has 0 amide bonds. The van der Waals surface area contributed by atoms with Gasteiger partial charge in [0.25, 0.3) is 0 Å². The quantitative estimate of drug-likeness (QED) is 0.802. The summed E-state index contributed by atoms with van der Waals surface area (Å²) in [7, 11) is 0. The fraction of sp³-hybridized carbons (Fsp3) is 0.167. The summed E-state index contributed by atoms with van der Waals surface area (Å²) in [6.45, 7) is 2.50. The second-order valence-corrected chi connectivity index (χ2v) is 5.80. The maximum atomic E-state index is 5.79. The summed E-state index contributed by atoms with van der Waals surface area (Å²) < 4.78 is 0.560. The first-order valence-electron chi connectivity index (χ1n) is 5.92. The van der Waals surface area contributed by atoms with E-state index >= 15 is 0 Å². The molecule has 3 rings (SSSR count). The Labute approximate surface area is 124 Å². The van der Waals surface area contributed by atoms with Crippen LogP contribution in [0.5, 0.6) is 0 Å². The lowest BCUT2D eigenvalue weighted by atomic mass is 10.3. The fourth-order valence-electron chi connectivity index (χ4n) is 1.66. The number of aromatic nitrogens is 5. The summed E-state index contributed by atoms with van der Waals surface area (Å²) in [5.41, 5.74) is 1.88. The van der Waals surface area contributed by atoms with E-state index in [2.05, 4.69) is 25.7 Å². The Kier molecular flexibility index (Phi) is 3.62. The second kappa shape index (κ2) is 5.56. The first-order chi connectivity index (χ1) is 9.70. The number of nitrogens with zero attached hydrogens (tertiary/aromatic N) is 5. The van der Waals surface area contributed by atoms with E-state index in [0.717, 1.165) is 16.3 Å². The monoisotopic (exact) mass is 306 g/mol. The summed E-state index contributed by atoms with van der Waals surface area (Å²) >= 11 is 7.26. The Balaban J connectivity index is 1.67. The molecule has 6 nitrogen and oxygen atoms in total. The van der Waals surface area contributed by atoms with Crippen molar-refractivity contribution in [3.63, 3.8) is 0 Å². The van der Waals surface area contributed by atoms with E-state index in [0.29, 0.717) is 16.8 Å². The highest BCUT2D eigenvalue weighted by molar-refractivity contribution is 7.15. The third kappa shape index (κ3) is 2.94. The van der Waals surface area contributed by atoms with E-state index in [-0.39, 0.29) is 0 Å². The smallest absolute Gasteiger partial charge is 0.183 e. The summed E-state index contributed by atoms with van der Waals surface area (Å²) in [5, 5.41) is 15.3. The van der Waals surface area contributed by atoms with Crippen LogP contribution in [-0.2, 0) is 6.54 Å². The van der Waals surface area contributed by atoms with Crippen molar-refractivity contribution in [2.24, 2.45) is 0 Å². The lowest BCUT2D eigenvalue weighted by molar-refractivity contribution is 0.719. The van der Waals surface area contributed by atoms with Crippen LogP contribution >= 0.6 is 22.9 Å². The molecule has 1 aromatic carbocycles. The van der Waals surface area contributed by atoms with Gasteiger partial charge in [0.05, 0.1) is 12.2 Å². The summed E-state index contributed by atoms with van der Waals surface area (Å²) in [4.78, 5) is 6.59. The zero-order chi connectivity index (χ0) is 13.9. The number of benzene rings is 1. The summed E-state index contributed by atoms with van der Waals surface area (Å²) in [6.07, 6.45) is 1.77. The molecule has 102 valence electrons. The zero-order valence-corrected chi connectivity index (χ0v) is 12.2. The van der Waals surface area contributed by atoms with Crippen molar-refractivity contribution in [1.29, 1.82) is 0 Å². The highest BCUT2D eigenvalue weighted by atomic mass is 35.5. The molecule has 1 N–H and O–H groups in total. The molecule has 2 aromatic heterocycles. The third-order valence-corrected chi connectivity index (χ3v) is 3.72. The molecular formula is C12H11ClN6S. The number of halogens is 1. The van der Waals surface area contributed by atoms with E-state index in [1.165, 1.54) is 16.1 Å². The van der Waals surface area contributed by atoms with Crippen molar-refractivity contribution >= 4 is 28.6 Å². The molecule has 0 aliphatic carbocycles. The van der Waals surface area contributed by atoms with Crippen LogP contribution < -0.4 is 5.32 Å². The highest BCUT2D eigenvalue weighted by Crippen LogP contribution is 2.19. The minimum Gasteiger partial charge on any atom is -0.380 e. The van der Waals surface area contributed by atoms with Gasteiger partial charge in [-0.3, -0.25) is 0 Å². The SMILES string of the molecule is Cc1nnn(-c2ccc(NCc3cnc(Cl)s3)cc2)n1. The Bertz CT molecular complexity index is 705. The van der Waals surface area contributed by atoms with Gasteiger partial charge in [-0.2, -0.15) is 0 Å². The van der Waals surface area contributed by atoms with E-state index < -0.39 is 0 Å². The van der Waals surface area contributed by atoms with Crippen LogP contribution in [0.2, 0.25) is 4.47 Å². The minimum atomic E-state index is 0.560. The van der Waals surface area contributed by atoms with Gasteiger partial charge in [0.1, 0.15) is 0 Å². The van der Waals surface area contributed by atoms with Crippen molar-refractivity contribution in [3.05, 3.63) is 45.6 Å². The van der Waals surface area contributed by atoms with Crippen molar-refractivity contribution in [3.8, 4) is 5.69 Å². The normalized spacial score (nSPS) is 10.7. The average molecular weight is 307 g/mol. The van der Waals surface area contributed by atoms with Gasteiger partial charge < -0.3 is 5.32 Å². The van der Waals surface area contributed by atoms with E-state index in [9.17, 15) is 0 Å². The minimum absolute atomic E-state index is 0.560. The maximum Gasteiger partial charge on any atom is 0.183 e. The fourth-order valence-corrected chi connectivity index (χ4v) is 2.58. The summed E-state index contributed by atoms with van der Waals surface area (Å²) in [6, 6.07) is 7.81. The molecule has 0 aliphatic heterocycles. The Morgan fingerprint density at radius 1 is 1.30 bits per heavy atom. The van der Waals surface area contributed by atoms with Gasteiger partial charge in [-0.05, 0) is 36.4 Å². The van der Waals surface area contributed by atoms with Gasteiger partial charge >= 0.3 is 0 Å². The maximum absolute atomic E-state index is 5.79. The number of nitrogens with one attached hydrogen (secondary N) is 1. The van der Waals surface area contributed by atoms with E-state index in [4.69, 9.17) is 11.6 Å². The van der Waals surface area contributed by atoms with Crippen molar-refractivity contribution in [1.82, 2.24) is 25.2 Å². The molecule has 8 heteroatoms. The van der Waals surface area contributed by atoms with Crippen LogP contribution in [0.25, 0.3) is 5.69 Å². The number of anilines is 1. The van der Waals surface area contributed by atoms with Crippen molar-refractivity contribution in [2.75, 3.05) is 5.32 Å². The number of aryl methyl sites for hydroxylation is 1. The van der Waals surface area contributed by atoms with Crippen LogP contribution in [-0.4, -0.2) is 25.2 Å². The molecule has 0 saturated heterocycles. The number of rotatable bonds is 4. The largest absolute Gasteiger partial charge is 0.380 e. The van der Waals surface area contributed by atoms with Gasteiger partial charge in [-0.1, -0.05) is 11.6 Å². The van der Waals surface area contributed by atoms with Gasteiger partial charge in [0.15, 0.2) is 10.3 Å². The standard InChI is InChI=1S/C12H11ClN6S/c1-8-16-18-19(17-8)10-4-2-9(3-5-10)14-6-11-7-15-12(13)20-11/h2-5,7,14H,6H2,1H3. The number of thiazole rings is 1. The van der Waals surface area contributed by atoms with Gasteiger partial charge in [-0.25, -0.2) is 4.98 Å². The molecule has 3 aromatic rings. The highest BCUT2D eigenvalue weighted by Gasteiger charge is 2.02. The van der Waals surface area contributed by atoms with Gasteiger partial charge in [0.2, 0.25) is 0 Å². The number of hydrogen-bond acceptors (Lipinski definition) is 6.